The number of halogens is 1. The zero-order chi connectivity index (χ0) is 12.4. The predicted octanol–water partition coefficient (Wildman–Crippen LogP) is 1.33. The van der Waals surface area contributed by atoms with Crippen molar-refractivity contribution < 1.29 is 23.5 Å². The van der Waals surface area contributed by atoms with Gasteiger partial charge < -0.3 is 14.8 Å². The summed E-state index contributed by atoms with van der Waals surface area (Å²) >= 11 is 0. The molecule has 0 bridgehead atoms. The number of fused-ring (bicyclic) bond motifs is 1. The Morgan fingerprint density at radius 2 is 2.35 bits per heavy atom. The van der Waals surface area contributed by atoms with Crippen molar-refractivity contribution in [3.05, 3.63) is 17.9 Å². The van der Waals surface area contributed by atoms with Gasteiger partial charge in [-0.1, -0.05) is 0 Å². The molecule has 0 radical (unpaired) electrons. The molecule has 1 aromatic carbocycles. The molecule has 7 heteroatoms. The van der Waals surface area contributed by atoms with Crippen LogP contribution in [0.15, 0.2) is 12.1 Å². The zero-order valence-corrected chi connectivity index (χ0v) is 8.87. The molecule has 1 heterocycles. The second-order valence-electron chi connectivity index (χ2n) is 3.28. The fourth-order valence-corrected chi connectivity index (χ4v) is 1.42. The number of carbonyl (C=O) groups excluding carboxylic acids is 2. The molecule has 0 saturated carbocycles. The number of nitrogens with one attached hydrogen (secondary N) is 2. The predicted molar refractivity (Wildman–Crippen MR) is 56.6 cm³/mol. The van der Waals surface area contributed by atoms with E-state index in [1.165, 1.54) is 7.11 Å². The fraction of sp³-hybridized carbons (Fsp3) is 0.200. The van der Waals surface area contributed by atoms with Crippen molar-refractivity contribution in [3.8, 4) is 5.75 Å². The number of amides is 2. The van der Waals surface area contributed by atoms with Gasteiger partial charge in [0.25, 0.3) is 5.91 Å². The van der Waals surface area contributed by atoms with Crippen LogP contribution in [-0.2, 0) is 9.53 Å². The van der Waals surface area contributed by atoms with Crippen LogP contribution in [0.3, 0.4) is 0 Å². The molecule has 90 valence electrons. The Morgan fingerprint density at radius 1 is 1.59 bits per heavy atom. The van der Waals surface area contributed by atoms with Crippen LogP contribution in [0.25, 0.3) is 0 Å². The number of ether oxygens (including phenoxy) is 2. The summed E-state index contributed by atoms with van der Waals surface area (Å²) in [6.07, 6.45) is -0.752. The molecule has 0 aliphatic carbocycles. The zero-order valence-electron chi connectivity index (χ0n) is 8.87. The maximum Gasteiger partial charge on any atom is 0.411 e. The molecule has 2 amide bonds. The smallest absolute Gasteiger partial charge is 0.411 e. The van der Waals surface area contributed by atoms with Crippen LogP contribution < -0.4 is 15.4 Å². The first kappa shape index (κ1) is 11.2. The lowest BCUT2D eigenvalue weighted by Crippen LogP contribution is -2.26. The molecule has 1 aliphatic rings. The van der Waals surface area contributed by atoms with Gasteiger partial charge in [-0.25, -0.2) is 9.18 Å². The van der Waals surface area contributed by atoms with Crippen molar-refractivity contribution in [1.82, 2.24) is 0 Å². The summed E-state index contributed by atoms with van der Waals surface area (Å²) in [7, 11) is 1.18. The van der Waals surface area contributed by atoms with Gasteiger partial charge in [0.15, 0.2) is 12.4 Å². The van der Waals surface area contributed by atoms with Crippen LogP contribution in [0.5, 0.6) is 5.75 Å². The van der Waals surface area contributed by atoms with E-state index in [9.17, 15) is 14.0 Å². The van der Waals surface area contributed by atoms with Crippen molar-refractivity contribution in [2.24, 2.45) is 0 Å². The first-order chi connectivity index (χ1) is 8.10. The normalized spacial score (nSPS) is 13.2. The third-order valence-corrected chi connectivity index (χ3v) is 2.10. The summed E-state index contributed by atoms with van der Waals surface area (Å²) in [4.78, 5) is 22.1. The molecule has 2 N–H and O–H groups in total. The molecule has 0 saturated heterocycles. The Balaban J connectivity index is 2.38. The molecule has 1 aromatic rings. The van der Waals surface area contributed by atoms with Gasteiger partial charge in [0.2, 0.25) is 0 Å². The van der Waals surface area contributed by atoms with E-state index in [1.54, 1.807) is 0 Å². The van der Waals surface area contributed by atoms with E-state index in [4.69, 9.17) is 4.74 Å². The fourth-order valence-electron chi connectivity index (χ4n) is 1.42. The van der Waals surface area contributed by atoms with E-state index >= 15 is 0 Å². The Hall–Kier alpha value is -2.31. The van der Waals surface area contributed by atoms with Gasteiger partial charge >= 0.3 is 6.09 Å². The number of rotatable bonds is 1. The van der Waals surface area contributed by atoms with Crippen molar-refractivity contribution in [1.29, 1.82) is 0 Å². The van der Waals surface area contributed by atoms with Crippen molar-refractivity contribution in [2.75, 3.05) is 24.4 Å². The van der Waals surface area contributed by atoms with Crippen molar-refractivity contribution in [2.45, 2.75) is 0 Å². The summed E-state index contributed by atoms with van der Waals surface area (Å²) in [5, 5.41) is 4.73. The minimum absolute atomic E-state index is 0.104. The number of carbonyl (C=O) groups is 2. The van der Waals surface area contributed by atoms with Gasteiger partial charge in [-0.15, -0.1) is 0 Å². The molecule has 0 atom stereocenters. The molecular weight excluding hydrogens is 231 g/mol. The Bertz CT molecular complexity index is 489. The number of hydrogen-bond donors (Lipinski definition) is 2. The average Bonchev–Trinajstić information content (AvgIpc) is 2.27. The van der Waals surface area contributed by atoms with Gasteiger partial charge in [-0.2, -0.15) is 0 Å². The summed E-state index contributed by atoms with van der Waals surface area (Å²) in [5.41, 5.74) is 0.277. The van der Waals surface area contributed by atoms with E-state index in [1.807, 2.05) is 0 Å². The first-order valence-corrected chi connectivity index (χ1v) is 4.71. The highest BCUT2D eigenvalue weighted by atomic mass is 19.1. The number of benzene rings is 1. The van der Waals surface area contributed by atoms with Crippen LogP contribution >= 0.6 is 0 Å². The summed E-state index contributed by atoms with van der Waals surface area (Å²) in [6, 6.07) is 2.18. The maximum absolute atomic E-state index is 13.2. The Labute approximate surface area is 95.7 Å². The topological polar surface area (TPSA) is 76.7 Å². The average molecular weight is 240 g/mol. The molecule has 2 rings (SSSR count). The van der Waals surface area contributed by atoms with Crippen LogP contribution in [0.1, 0.15) is 0 Å². The second kappa shape index (κ2) is 4.28. The molecule has 0 fully saturated rings. The van der Waals surface area contributed by atoms with E-state index in [0.29, 0.717) is 0 Å². The molecular formula is C10H9FN2O4. The molecule has 0 spiro atoms. The highest BCUT2D eigenvalue weighted by Gasteiger charge is 2.21. The first-order valence-electron chi connectivity index (χ1n) is 4.71. The van der Waals surface area contributed by atoms with Crippen LogP contribution in [0.2, 0.25) is 0 Å². The Morgan fingerprint density at radius 3 is 3.06 bits per heavy atom. The van der Waals surface area contributed by atoms with E-state index in [0.717, 1.165) is 12.1 Å². The number of methoxy groups -OCH3 is 1. The molecule has 17 heavy (non-hydrogen) atoms. The van der Waals surface area contributed by atoms with Gasteiger partial charge in [-0.05, 0) is 0 Å². The Kier molecular flexibility index (Phi) is 2.82. The van der Waals surface area contributed by atoms with Crippen LogP contribution in [0, 0.1) is 5.82 Å². The lowest BCUT2D eigenvalue weighted by atomic mass is 10.2. The van der Waals surface area contributed by atoms with Gasteiger partial charge in [0.05, 0.1) is 18.5 Å². The van der Waals surface area contributed by atoms with E-state index in [2.05, 4.69) is 15.4 Å². The van der Waals surface area contributed by atoms with E-state index in [-0.39, 0.29) is 29.6 Å². The maximum atomic E-state index is 13.2. The minimum atomic E-state index is -0.752. The van der Waals surface area contributed by atoms with Gasteiger partial charge in [-0.3, -0.25) is 10.1 Å². The summed E-state index contributed by atoms with van der Waals surface area (Å²) < 4.78 is 22.7. The standard InChI is InChI=1S/C10H9FN2O4/c1-16-10(15)13-7-3-5(11)2-6-9(7)17-4-8(14)12-6/h2-3H,4H2,1H3,(H,12,14)(H,13,15). The quantitative estimate of drug-likeness (QED) is 0.776. The largest absolute Gasteiger partial charge is 0.479 e. The monoisotopic (exact) mass is 240 g/mol. The number of hydrogen-bond acceptors (Lipinski definition) is 4. The second-order valence-corrected chi connectivity index (χ2v) is 3.28. The molecule has 0 aromatic heterocycles. The SMILES string of the molecule is COC(=O)Nc1cc(F)cc2c1OCC(=O)N2. The van der Waals surface area contributed by atoms with Gasteiger partial charge in [0, 0.05) is 12.1 Å². The molecule has 0 unspecified atom stereocenters. The van der Waals surface area contributed by atoms with Crippen LogP contribution in [0.4, 0.5) is 20.6 Å². The third kappa shape index (κ3) is 2.27. The van der Waals surface area contributed by atoms with E-state index < -0.39 is 11.9 Å². The summed E-state index contributed by atoms with van der Waals surface area (Å²) in [5.74, 6) is -0.788. The van der Waals surface area contributed by atoms with Crippen molar-refractivity contribution in [3.63, 3.8) is 0 Å². The molecule has 6 nitrogen and oxygen atoms in total. The highest BCUT2D eigenvalue weighted by Crippen LogP contribution is 2.36. The van der Waals surface area contributed by atoms with Crippen molar-refractivity contribution >= 4 is 23.4 Å². The highest BCUT2D eigenvalue weighted by molar-refractivity contribution is 5.98. The summed E-state index contributed by atoms with van der Waals surface area (Å²) in [6.45, 7) is -0.186. The third-order valence-electron chi connectivity index (χ3n) is 2.10. The van der Waals surface area contributed by atoms with Gasteiger partial charge in [0.1, 0.15) is 5.82 Å². The lowest BCUT2D eigenvalue weighted by Gasteiger charge is -2.20. The minimum Gasteiger partial charge on any atom is -0.479 e. The number of anilines is 2. The lowest BCUT2D eigenvalue weighted by molar-refractivity contribution is -0.118. The van der Waals surface area contributed by atoms with Crippen LogP contribution in [-0.4, -0.2) is 25.7 Å². The molecule has 1 aliphatic heterocycles.